The van der Waals surface area contributed by atoms with Gasteiger partial charge in [-0.3, -0.25) is 0 Å². The van der Waals surface area contributed by atoms with Crippen LogP contribution in [0.2, 0.25) is 5.02 Å². The topological polar surface area (TPSA) is 20.2 Å². The Morgan fingerprint density at radius 2 is 1.86 bits per heavy atom. The molecular weight excluding hydrogens is 373 g/mol. The molecule has 0 unspecified atom stereocenters. The number of aromatic nitrogens is 1. The van der Waals surface area contributed by atoms with E-state index in [0.717, 1.165) is 44.7 Å². The number of rotatable bonds is 10. The van der Waals surface area contributed by atoms with Crippen molar-refractivity contribution in [3.8, 4) is 0 Å². The van der Waals surface area contributed by atoms with Crippen LogP contribution in [0.15, 0.2) is 48.7 Å². The van der Waals surface area contributed by atoms with Crippen molar-refractivity contribution in [3.05, 3.63) is 70.6 Å². The quantitative estimate of drug-likeness (QED) is 0.465. The molecule has 150 valence electrons. The molecule has 0 saturated heterocycles. The lowest BCUT2D eigenvalue weighted by molar-refractivity contribution is 0.298. The molecule has 0 spiro atoms. The number of para-hydroxylation sites is 1. The summed E-state index contributed by atoms with van der Waals surface area (Å²) in [7, 11) is 0. The lowest BCUT2D eigenvalue weighted by atomic mass is 10.2. The highest BCUT2D eigenvalue weighted by Gasteiger charge is 2.10. The van der Waals surface area contributed by atoms with Crippen molar-refractivity contribution in [2.45, 2.75) is 33.4 Å². The molecular formula is C23H29ClFN3. The molecule has 2 aromatic carbocycles. The Bertz CT molecular complexity index is 902. The SMILES string of the molecule is CCN(CC)CCCNCc1cn(Cc2ccc(F)cc2Cl)c2ccccc12. The van der Waals surface area contributed by atoms with Gasteiger partial charge < -0.3 is 14.8 Å². The fourth-order valence-corrected chi connectivity index (χ4v) is 3.85. The first kappa shape index (κ1) is 20.8. The van der Waals surface area contributed by atoms with E-state index in [-0.39, 0.29) is 5.82 Å². The predicted molar refractivity (Wildman–Crippen MR) is 117 cm³/mol. The van der Waals surface area contributed by atoms with Gasteiger partial charge >= 0.3 is 0 Å². The second-order valence-corrected chi connectivity index (χ2v) is 7.50. The van der Waals surface area contributed by atoms with Gasteiger partial charge in [-0.25, -0.2) is 4.39 Å². The molecule has 3 rings (SSSR count). The van der Waals surface area contributed by atoms with Gasteiger partial charge in [0, 0.05) is 35.2 Å². The van der Waals surface area contributed by atoms with Crippen LogP contribution in [-0.2, 0) is 13.1 Å². The third kappa shape index (κ3) is 5.13. The normalized spacial score (nSPS) is 11.6. The standard InChI is InChI=1S/C23H29ClFN3/c1-3-27(4-2)13-7-12-26-15-19-17-28(23-9-6-5-8-21(19)23)16-18-10-11-20(25)14-22(18)24/h5-6,8-11,14,17,26H,3-4,7,12-13,15-16H2,1-2H3. The van der Waals surface area contributed by atoms with E-state index in [1.54, 1.807) is 6.07 Å². The highest BCUT2D eigenvalue weighted by Crippen LogP contribution is 2.25. The fraction of sp³-hybridized carbons (Fsp3) is 0.391. The van der Waals surface area contributed by atoms with Crippen LogP contribution in [0.4, 0.5) is 4.39 Å². The number of nitrogens with zero attached hydrogens (tertiary/aromatic N) is 2. The molecule has 0 aliphatic carbocycles. The van der Waals surface area contributed by atoms with E-state index in [4.69, 9.17) is 11.6 Å². The summed E-state index contributed by atoms with van der Waals surface area (Å²) >= 11 is 6.24. The van der Waals surface area contributed by atoms with Gasteiger partial charge in [-0.2, -0.15) is 0 Å². The maximum atomic E-state index is 13.3. The fourth-order valence-electron chi connectivity index (χ4n) is 3.62. The Balaban J connectivity index is 1.68. The van der Waals surface area contributed by atoms with E-state index >= 15 is 0 Å². The van der Waals surface area contributed by atoms with Crippen LogP contribution < -0.4 is 5.32 Å². The van der Waals surface area contributed by atoms with Crippen molar-refractivity contribution >= 4 is 22.5 Å². The van der Waals surface area contributed by atoms with E-state index in [1.165, 1.54) is 28.6 Å². The van der Waals surface area contributed by atoms with Gasteiger partial charge in [-0.15, -0.1) is 0 Å². The number of benzene rings is 2. The Morgan fingerprint density at radius 3 is 2.61 bits per heavy atom. The molecule has 0 atom stereocenters. The molecule has 1 aromatic heterocycles. The molecule has 1 heterocycles. The van der Waals surface area contributed by atoms with Crippen LogP contribution >= 0.6 is 11.6 Å². The Kier molecular flexibility index (Phi) is 7.49. The van der Waals surface area contributed by atoms with Crippen molar-refractivity contribution < 1.29 is 4.39 Å². The summed E-state index contributed by atoms with van der Waals surface area (Å²) < 4.78 is 15.5. The lowest BCUT2D eigenvalue weighted by Gasteiger charge is -2.17. The molecule has 3 aromatic rings. The molecule has 0 bridgehead atoms. The van der Waals surface area contributed by atoms with Gasteiger partial charge in [0.25, 0.3) is 0 Å². The van der Waals surface area contributed by atoms with Crippen molar-refractivity contribution in [1.29, 1.82) is 0 Å². The summed E-state index contributed by atoms with van der Waals surface area (Å²) in [5, 5.41) is 5.29. The largest absolute Gasteiger partial charge is 0.343 e. The number of hydrogen-bond donors (Lipinski definition) is 1. The van der Waals surface area contributed by atoms with Crippen LogP contribution in [0.3, 0.4) is 0 Å². The minimum atomic E-state index is -0.305. The van der Waals surface area contributed by atoms with Crippen molar-refractivity contribution in [1.82, 2.24) is 14.8 Å². The Hall–Kier alpha value is -1.88. The van der Waals surface area contributed by atoms with E-state index in [0.29, 0.717) is 11.6 Å². The highest BCUT2D eigenvalue weighted by molar-refractivity contribution is 6.31. The third-order valence-corrected chi connectivity index (χ3v) is 5.62. The minimum absolute atomic E-state index is 0.305. The van der Waals surface area contributed by atoms with E-state index in [2.05, 4.69) is 53.0 Å². The van der Waals surface area contributed by atoms with Crippen LogP contribution in [0.5, 0.6) is 0 Å². The van der Waals surface area contributed by atoms with E-state index in [1.807, 2.05) is 6.07 Å². The summed E-state index contributed by atoms with van der Waals surface area (Å²) in [5.74, 6) is -0.305. The smallest absolute Gasteiger partial charge is 0.124 e. The van der Waals surface area contributed by atoms with Crippen molar-refractivity contribution in [2.24, 2.45) is 0 Å². The zero-order chi connectivity index (χ0) is 19.9. The first-order chi connectivity index (χ1) is 13.6. The number of hydrogen-bond acceptors (Lipinski definition) is 2. The zero-order valence-electron chi connectivity index (χ0n) is 16.7. The molecule has 0 aliphatic heterocycles. The molecule has 3 nitrogen and oxygen atoms in total. The maximum absolute atomic E-state index is 13.3. The van der Waals surface area contributed by atoms with Crippen molar-refractivity contribution in [2.75, 3.05) is 26.2 Å². The van der Waals surface area contributed by atoms with Gasteiger partial charge in [-0.1, -0.05) is 49.7 Å². The van der Waals surface area contributed by atoms with Gasteiger partial charge in [0.1, 0.15) is 5.82 Å². The first-order valence-corrected chi connectivity index (χ1v) is 10.4. The van der Waals surface area contributed by atoms with Gasteiger partial charge in [0.2, 0.25) is 0 Å². The highest BCUT2D eigenvalue weighted by atomic mass is 35.5. The summed E-state index contributed by atoms with van der Waals surface area (Å²) in [6.45, 7) is 10.2. The van der Waals surface area contributed by atoms with Gasteiger partial charge in [0.15, 0.2) is 0 Å². The Labute approximate surface area is 172 Å². The number of fused-ring (bicyclic) bond motifs is 1. The van der Waals surface area contributed by atoms with Crippen LogP contribution in [0.1, 0.15) is 31.4 Å². The maximum Gasteiger partial charge on any atom is 0.124 e. The minimum Gasteiger partial charge on any atom is -0.343 e. The predicted octanol–water partition coefficient (Wildman–Crippen LogP) is 5.30. The first-order valence-electron chi connectivity index (χ1n) is 10.1. The van der Waals surface area contributed by atoms with Gasteiger partial charge in [0.05, 0.1) is 0 Å². The average molecular weight is 402 g/mol. The number of nitrogens with one attached hydrogen (secondary N) is 1. The second kappa shape index (κ2) is 10.1. The zero-order valence-corrected chi connectivity index (χ0v) is 17.5. The van der Waals surface area contributed by atoms with E-state index < -0.39 is 0 Å². The summed E-state index contributed by atoms with van der Waals surface area (Å²) in [6.07, 6.45) is 3.33. The third-order valence-electron chi connectivity index (χ3n) is 5.26. The van der Waals surface area contributed by atoms with Crippen LogP contribution in [-0.4, -0.2) is 35.6 Å². The van der Waals surface area contributed by atoms with Crippen molar-refractivity contribution in [3.63, 3.8) is 0 Å². The second-order valence-electron chi connectivity index (χ2n) is 7.09. The molecule has 1 N–H and O–H groups in total. The monoisotopic (exact) mass is 401 g/mol. The number of halogens is 2. The summed E-state index contributed by atoms with van der Waals surface area (Å²) in [6, 6.07) is 13.0. The summed E-state index contributed by atoms with van der Waals surface area (Å²) in [4.78, 5) is 2.44. The Morgan fingerprint density at radius 1 is 1.07 bits per heavy atom. The molecule has 0 saturated carbocycles. The molecule has 0 aliphatic rings. The van der Waals surface area contributed by atoms with E-state index in [9.17, 15) is 4.39 Å². The molecule has 0 amide bonds. The molecule has 0 fully saturated rings. The average Bonchev–Trinajstić information content (AvgIpc) is 3.05. The van der Waals surface area contributed by atoms with Crippen LogP contribution in [0.25, 0.3) is 10.9 Å². The van der Waals surface area contributed by atoms with Crippen LogP contribution in [0, 0.1) is 5.82 Å². The molecule has 28 heavy (non-hydrogen) atoms. The van der Waals surface area contributed by atoms with Gasteiger partial charge in [-0.05, 0) is 61.9 Å². The summed E-state index contributed by atoms with van der Waals surface area (Å²) in [5.41, 5.74) is 3.36. The molecule has 5 heteroatoms. The lowest BCUT2D eigenvalue weighted by Crippen LogP contribution is -2.27. The molecule has 0 radical (unpaired) electrons.